The Labute approximate surface area is 99.3 Å². The highest BCUT2D eigenvalue weighted by Crippen LogP contribution is 2.21. The van der Waals surface area contributed by atoms with E-state index in [2.05, 4.69) is 20.4 Å². The van der Waals surface area contributed by atoms with Crippen LogP contribution in [-0.4, -0.2) is 21.7 Å². The smallest absolute Gasteiger partial charge is 0.243 e. The van der Waals surface area contributed by atoms with E-state index in [1.165, 1.54) is 6.42 Å². The third kappa shape index (κ3) is 2.34. The molecule has 0 radical (unpaired) electrons. The number of pyridine rings is 1. The Morgan fingerprint density at radius 3 is 3.18 bits per heavy atom. The van der Waals surface area contributed by atoms with Crippen molar-refractivity contribution in [1.82, 2.24) is 20.4 Å². The van der Waals surface area contributed by atoms with E-state index in [9.17, 15) is 0 Å². The molecule has 2 aromatic rings. The first-order valence-corrected chi connectivity index (χ1v) is 5.87. The molecule has 88 valence electrons. The first-order chi connectivity index (χ1) is 8.42. The average Bonchev–Trinajstić information content (AvgIpc) is 3.00. The molecular weight excluding hydrogens is 216 g/mol. The lowest BCUT2D eigenvalue weighted by Crippen LogP contribution is -2.13. The van der Waals surface area contributed by atoms with E-state index in [4.69, 9.17) is 4.52 Å². The number of hydrogen-bond acceptors (Lipinski definition) is 5. The highest BCUT2D eigenvalue weighted by atomic mass is 16.5. The van der Waals surface area contributed by atoms with Gasteiger partial charge < -0.3 is 9.84 Å². The Morgan fingerprint density at radius 2 is 2.41 bits per heavy atom. The number of nitrogens with zero attached hydrogens (tertiary/aromatic N) is 3. The van der Waals surface area contributed by atoms with Gasteiger partial charge in [-0.25, -0.2) is 0 Å². The van der Waals surface area contributed by atoms with E-state index in [-0.39, 0.29) is 6.04 Å². The molecule has 1 aliphatic heterocycles. The number of rotatable bonds is 3. The summed E-state index contributed by atoms with van der Waals surface area (Å²) in [6.07, 6.45) is 4.64. The van der Waals surface area contributed by atoms with Crippen LogP contribution in [0, 0.1) is 0 Å². The second-order valence-electron chi connectivity index (χ2n) is 4.20. The molecule has 0 unspecified atom stereocenters. The normalized spacial score (nSPS) is 19.6. The minimum absolute atomic E-state index is 0.236. The van der Waals surface area contributed by atoms with Crippen molar-refractivity contribution in [2.45, 2.75) is 25.3 Å². The SMILES string of the molecule is c1ccc(Cc2noc([C@@H]3CCCN3)n2)nc1. The van der Waals surface area contributed by atoms with Gasteiger partial charge in [0.25, 0.3) is 0 Å². The lowest BCUT2D eigenvalue weighted by Gasteiger charge is -2.01. The van der Waals surface area contributed by atoms with Crippen molar-refractivity contribution in [3.8, 4) is 0 Å². The fourth-order valence-corrected chi connectivity index (χ4v) is 2.04. The molecule has 1 N–H and O–H groups in total. The molecule has 1 atom stereocenters. The standard InChI is InChI=1S/C12H14N4O/c1-2-6-13-9(4-1)8-11-15-12(17-16-11)10-5-3-7-14-10/h1-2,4,6,10,14H,3,5,7-8H2/t10-/m0/s1. The molecule has 17 heavy (non-hydrogen) atoms. The molecule has 1 fully saturated rings. The first kappa shape index (κ1) is 10.4. The van der Waals surface area contributed by atoms with Crippen molar-refractivity contribution >= 4 is 0 Å². The van der Waals surface area contributed by atoms with E-state index in [0.29, 0.717) is 18.1 Å². The molecule has 5 nitrogen and oxygen atoms in total. The topological polar surface area (TPSA) is 63.8 Å². The molecule has 3 heterocycles. The minimum Gasteiger partial charge on any atom is -0.338 e. The highest BCUT2D eigenvalue weighted by molar-refractivity contribution is 5.09. The van der Waals surface area contributed by atoms with Gasteiger partial charge >= 0.3 is 0 Å². The molecule has 1 aliphatic rings. The van der Waals surface area contributed by atoms with Crippen molar-refractivity contribution in [1.29, 1.82) is 0 Å². The first-order valence-electron chi connectivity index (χ1n) is 5.87. The van der Waals surface area contributed by atoms with Crippen LogP contribution in [0.1, 0.15) is 36.3 Å². The van der Waals surface area contributed by atoms with Crippen LogP contribution in [0.3, 0.4) is 0 Å². The third-order valence-electron chi connectivity index (χ3n) is 2.91. The van der Waals surface area contributed by atoms with Crippen LogP contribution in [0.4, 0.5) is 0 Å². The Morgan fingerprint density at radius 1 is 1.41 bits per heavy atom. The summed E-state index contributed by atoms with van der Waals surface area (Å²) < 4.78 is 5.27. The van der Waals surface area contributed by atoms with Crippen LogP contribution in [0.5, 0.6) is 0 Å². The Kier molecular flexibility index (Phi) is 2.83. The molecule has 0 bridgehead atoms. The molecule has 2 aromatic heterocycles. The Hall–Kier alpha value is -1.75. The van der Waals surface area contributed by atoms with Gasteiger partial charge in [-0.2, -0.15) is 4.98 Å². The summed E-state index contributed by atoms with van der Waals surface area (Å²) in [5, 5.41) is 7.33. The van der Waals surface area contributed by atoms with Crippen LogP contribution < -0.4 is 5.32 Å². The summed E-state index contributed by atoms with van der Waals surface area (Å²) in [5.41, 5.74) is 0.958. The van der Waals surface area contributed by atoms with Gasteiger partial charge in [0.1, 0.15) is 0 Å². The van der Waals surface area contributed by atoms with Gasteiger partial charge in [-0.3, -0.25) is 4.98 Å². The maximum Gasteiger partial charge on any atom is 0.243 e. The summed E-state index contributed by atoms with van der Waals surface area (Å²) in [6, 6.07) is 6.05. The Balaban J connectivity index is 1.72. The lowest BCUT2D eigenvalue weighted by molar-refractivity contribution is 0.341. The molecule has 0 aliphatic carbocycles. The van der Waals surface area contributed by atoms with E-state index in [1.54, 1.807) is 6.20 Å². The van der Waals surface area contributed by atoms with Crippen LogP contribution in [-0.2, 0) is 6.42 Å². The van der Waals surface area contributed by atoms with Gasteiger partial charge in [0.15, 0.2) is 5.82 Å². The molecular formula is C12H14N4O. The van der Waals surface area contributed by atoms with Crippen LogP contribution in [0.2, 0.25) is 0 Å². The molecule has 0 amide bonds. The largest absolute Gasteiger partial charge is 0.338 e. The summed E-state index contributed by atoms with van der Waals surface area (Å²) in [5.74, 6) is 1.40. The third-order valence-corrected chi connectivity index (χ3v) is 2.91. The van der Waals surface area contributed by atoms with Crippen molar-refractivity contribution < 1.29 is 4.52 Å². The van der Waals surface area contributed by atoms with E-state index in [0.717, 1.165) is 18.7 Å². The van der Waals surface area contributed by atoms with Crippen LogP contribution in [0.15, 0.2) is 28.9 Å². The van der Waals surface area contributed by atoms with E-state index >= 15 is 0 Å². The van der Waals surface area contributed by atoms with Crippen molar-refractivity contribution in [3.05, 3.63) is 41.8 Å². The van der Waals surface area contributed by atoms with Crippen LogP contribution in [0.25, 0.3) is 0 Å². The second kappa shape index (κ2) is 4.63. The van der Waals surface area contributed by atoms with Gasteiger partial charge in [-0.1, -0.05) is 11.2 Å². The van der Waals surface area contributed by atoms with Crippen molar-refractivity contribution in [2.75, 3.05) is 6.54 Å². The maximum atomic E-state index is 5.27. The predicted octanol–water partition coefficient (Wildman–Crippen LogP) is 1.48. The lowest BCUT2D eigenvalue weighted by atomic mass is 10.2. The summed E-state index contributed by atoms with van der Waals surface area (Å²) in [7, 11) is 0. The summed E-state index contributed by atoms with van der Waals surface area (Å²) >= 11 is 0. The number of hydrogen-bond donors (Lipinski definition) is 1. The Bertz CT molecular complexity index is 476. The minimum atomic E-state index is 0.236. The van der Waals surface area contributed by atoms with Gasteiger partial charge in [0, 0.05) is 11.9 Å². The van der Waals surface area contributed by atoms with Gasteiger partial charge in [-0.05, 0) is 31.5 Å². The fourth-order valence-electron chi connectivity index (χ4n) is 2.04. The quantitative estimate of drug-likeness (QED) is 0.865. The zero-order valence-corrected chi connectivity index (χ0v) is 9.47. The zero-order valence-electron chi connectivity index (χ0n) is 9.47. The van der Waals surface area contributed by atoms with Gasteiger partial charge in [-0.15, -0.1) is 0 Å². The number of aromatic nitrogens is 3. The highest BCUT2D eigenvalue weighted by Gasteiger charge is 2.22. The van der Waals surface area contributed by atoms with Crippen molar-refractivity contribution in [2.24, 2.45) is 0 Å². The summed E-state index contributed by atoms with van der Waals surface area (Å²) in [6.45, 7) is 1.03. The fraction of sp³-hybridized carbons (Fsp3) is 0.417. The predicted molar refractivity (Wildman–Crippen MR) is 61.3 cm³/mol. The van der Waals surface area contributed by atoms with Gasteiger partial charge in [0.2, 0.25) is 5.89 Å². The van der Waals surface area contributed by atoms with E-state index < -0.39 is 0 Å². The van der Waals surface area contributed by atoms with Crippen LogP contribution >= 0.6 is 0 Å². The summed E-state index contributed by atoms with van der Waals surface area (Å²) in [4.78, 5) is 8.65. The van der Waals surface area contributed by atoms with Crippen molar-refractivity contribution in [3.63, 3.8) is 0 Å². The second-order valence-corrected chi connectivity index (χ2v) is 4.20. The number of nitrogens with one attached hydrogen (secondary N) is 1. The van der Waals surface area contributed by atoms with Gasteiger partial charge in [0.05, 0.1) is 12.5 Å². The molecule has 1 saturated heterocycles. The zero-order chi connectivity index (χ0) is 11.5. The van der Waals surface area contributed by atoms with E-state index in [1.807, 2.05) is 18.2 Å². The molecule has 0 aromatic carbocycles. The molecule has 0 spiro atoms. The monoisotopic (exact) mass is 230 g/mol. The maximum absolute atomic E-state index is 5.27. The molecule has 5 heteroatoms. The molecule has 0 saturated carbocycles. The average molecular weight is 230 g/mol. The molecule has 3 rings (SSSR count).